The molecule has 2 aliphatic rings. The van der Waals surface area contributed by atoms with E-state index < -0.39 is 0 Å². The van der Waals surface area contributed by atoms with Crippen LogP contribution >= 0.6 is 0 Å². The first-order valence-electron chi connectivity index (χ1n) is 8.94. The van der Waals surface area contributed by atoms with E-state index in [1.54, 1.807) is 0 Å². The number of amides is 1. The minimum atomic E-state index is -0.0445. The number of hydrogen-bond acceptors (Lipinski definition) is 2. The summed E-state index contributed by atoms with van der Waals surface area (Å²) in [6.07, 6.45) is 5.41. The molecule has 2 aromatic rings. The van der Waals surface area contributed by atoms with Crippen LogP contribution in [-0.2, 0) is 11.2 Å². The lowest BCUT2D eigenvalue weighted by Crippen LogP contribution is -2.47. The van der Waals surface area contributed by atoms with E-state index in [1.165, 1.54) is 27.6 Å². The SMILES string of the molecule is CCN(CC)C(=O)[C@@H]1C=C2c3cccc4[nH]cc(c34)C[C@H]2N(C)C1.[HH]. The summed E-state index contributed by atoms with van der Waals surface area (Å²) in [6.45, 7) is 6.47. The first-order chi connectivity index (χ1) is 11.6. The molecule has 0 fully saturated rings. The number of rotatable bonds is 3. The molecule has 1 amide bonds. The molecular weight excluding hydrogens is 298 g/mol. The average Bonchev–Trinajstić information content (AvgIpc) is 3.01. The maximum atomic E-state index is 12.9. The second-order valence-electron chi connectivity index (χ2n) is 6.94. The van der Waals surface area contributed by atoms with Crippen LogP contribution in [0.5, 0.6) is 0 Å². The first-order valence-corrected chi connectivity index (χ1v) is 8.94. The number of nitrogens with zero attached hydrogens (tertiary/aromatic N) is 2. The van der Waals surface area contributed by atoms with Gasteiger partial charge in [-0.15, -0.1) is 0 Å². The summed E-state index contributed by atoms with van der Waals surface area (Å²) < 4.78 is 0. The fourth-order valence-corrected chi connectivity index (χ4v) is 4.38. The zero-order valence-corrected chi connectivity index (χ0v) is 14.7. The Morgan fingerprint density at radius 2 is 2.17 bits per heavy atom. The minimum absolute atomic E-state index is 0. The van der Waals surface area contributed by atoms with Gasteiger partial charge in [0.2, 0.25) is 5.91 Å². The number of benzene rings is 1. The standard InChI is InChI=1S/C20H25N3O.H2/c1-4-23(5-2)20(24)14-9-16-15-7-6-8-17-19(15)13(11-21-17)10-18(16)22(3)12-14;/h6-9,11,14,18,21H,4-5,10,12H2,1-3H3;1H/t14-,18-;/m1./s1. The van der Waals surface area contributed by atoms with Crippen LogP contribution < -0.4 is 0 Å². The van der Waals surface area contributed by atoms with Crippen molar-refractivity contribution in [2.75, 3.05) is 26.7 Å². The highest BCUT2D eigenvalue weighted by molar-refractivity contribution is 5.99. The molecule has 0 saturated carbocycles. The molecule has 128 valence electrons. The molecule has 4 heteroatoms. The van der Waals surface area contributed by atoms with E-state index in [0.29, 0.717) is 6.04 Å². The molecule has 4 rings (SSSR count). The van der Waals surface area contributed by atoms with Crippen molar-refractivity contribution >= 4 is 22.4 Å². The van der Waals surface area contributed by atoms with Crippen molar-refractivity contribution in [3.8, 4) is 0 Å². The van der Waals surface area contributed by atoms with E-state index in [1.807, 2.05) is 4.90 Å². The molecule has 0 saturated heterocycles. The normalized spacial score (nSPS) is 23.0. The monoisotopic (exact) mass is 325 g/mol. The van der Waals surface area contributed by atoms with Gasteiger partial charge in [-0.25, -0.2) is 0 Å². The van der Waals surface area contributed by atoms with E-state index in [4.69, 9.17) is 0 Å². The molecule has 4 nitrogen and oxygen atoms in total. The Labute approximate surface area is 144 Å². The number of H-pyrrole nitrogens is 1. The lowest BCUT2D eigenvalue weighted by atomic mass is 9.79. The zero-order chi connectivity index (χ0) is 16.8. The van der Waals surface area contributed by atoms with Gasteiger partial charge in [0.15, 0.2) is 0 Å². The number of likely N-dealkylation sites (N-methyl/N-ethyl adjacent to an activating group) is 1. The first kappa shape index (κ1) is 15.5. The number of fused-ring (bicyclic) bond motifs is 2. The molecule has 2 atom stereocenters. The molecular formula is C20H27N3O. The number of aromatic nitrogens is 1. The summed E-state index contributed by atoms with van der Waals surface area (Å²) in [5.74, 6) is 0.210. The van der Waals surface area contributed by atoms with Gasteiger partial charge in [-0.05, 0) is 50.1 Å². The molecule has 1 aliphatic carbocycles. The van der Waals surface area contributed by atoms with Gasteiger partial charge in [0.1, 0.15) is 0 Å². The van der Waals surface area contributed by atoms with Gasteiger partial charge in [0, 0.05) is 44.2 Å². The lowest BCUT2D eigenvalue weighted by molar-refractivity contribution is -0.134. The molecule has 0 unspecified atom stereocenters. The van der Waals surface area contributed by atoms with Crippen LogP contribution in [-0.4, -0.2) is 53.4 Å². The topological polar surface area (TPSA) is 39.3 Å². The molecule has 2 heterocycles. The van der Waals surface area contributed by atoms with Crippen molar-refractivity contribution in [2.45, 2.75) is 26.3 Å². The van der Waals surface area contributed by atoms with E-state index in [0.717, 1.165) is 26.1 Å². The van der Waals surface area contributed by atoms with Crippen molar-refractivity contribution in [1.82, 2.24) is 14.8 Å². The van der Waals surface area contributed by atoms with Crippen LogP contribution in [0.1, 0.15) is 26.4 Å². The van der Waals surface area contributed by atoms with Crippen LogP contribution in [0.25, 0.3) is 16.5 Å². The Bertz CT molecular complexity index is 821. The molecule has 0 radical (unpaired) electrons. The molecule has 24 heavy (non-hydrogen) atoms. The third kappa shape index (κ3) is 2.20. The summed E-state index contributed by atoms with van der Waals surface area (Å²) in [5, 5.41) is 1.34. The maximum Gasteiger partial charge on any atom is 0.230 e. The van der Waals surface area contributed by atoms with Crippen LogP contribution in [0, 0.1) is 5.92 Å². The second-order valence-corrected chi connectivity index (χ2v) is 6.94. The van der Waals surface area contributed by atoms with Crippen LogP contribution in [0.4, 0.5) is 0 Å². The molecule has 1 aromatic heterocycles. The van der Waals surface area contributed by atoms with Crippen LogP contribution in [0.15, 0.2) is 30.5 Å². The summed E-state index contributed by atoms with van der Waals surface area (Å²) >= 11 is 0. The summed E-state index contributed by atoms with van der Waals surface area (Å²) in [7, 11) is 2.15. The predicted molar refractivity (Wildman–Crippen MR) is 99.9 cm³/mol. The Hall–Kier alpha value is -2.07. The van der Waals surface area contributed by atoms with Crippen molar-refractivity contribution in [3.05, 3.63) is 41.6 Å². The van der Waals surface area contributed by atoms with Crippen molar-refractivity contribution in [1.29, 1.82) is 0 Å². The fourth-order valence-electron chi connectivity index (χ4n) is 4.38. The van der Waals surface area contributed by atoms with Crippen molar-refractivity contribution < 1.29 is 6.22 Å². The number of aromatic amines is 1. The van der Waals surface area contributed by atoms with E-state index in [9.17, 15) is 4.79 Å². The van der Waals surface area contributed by atoms with E-state index in [-0.39, 0.29) is 13.3 Å². The largest absolute Gasteiger partial charge is 0.361 e. The third-order valence-electron chi connectivity index (χ3n) is 5.66. The molecule has 1 aromatic carbocycles. The Kier molecular flexibility index (Phi) is 3.72. The van der Waals surface area contributed by atoms with E-state index >= 15 is 0 Å². The summed E-state index contributed by atoms with van der Waals surface area (Å²) in [4.78, 5) is 20.6. The van der Waals surface area contributed by atoms with Crippen molar-refractivity contribution in [3.63, 3.8) is 0 Å². The Morgan fingerprint density at radius 3 is 2.92 bits per heavy atom. The third-order valence-corrected chi connectivity index (χ3v) is 5.66. The van der Waals surface area contributed by atoms with Gasteiger partial charge < -0.3 is 9.88 Å². The highest BCUT2D eigenvalue weighted by Gasteiger charge is 2.36. The molecule has 1 aliphatic heterocycles. The smallest absolute Gasteiger partial charge is 0.230 e. The molecule has 0 bridgehead atoms. The van der Waals surface area contributed by atoms with Crippen molar-refractivity contribution in [2.24, 2.45) is 5.92 Å². The van der Waals surface area contributed by atoms with E-state index in [2.05, 4.69) is 61.3 Å². The predicted octanol–water partition coefficient (Wildman–Crippen LogP) is 3.15. The van der Waals surface area contributed by atoms with Crippen LogP contribution in [0.3, 0.4) is 0 Å². The second kappa shape index (κ2) is 5.78. The highest BCUT2D eigenvalue weighted by Crippen LogP contribution is 2.40. The zero-order valence-electron chi connectivity index (χ0n) is 14.7. The number of carbonyl (C=O) groups excluding carboxylic acids is 1. The lowest BCUT2D eigenvalue weighted by Gasteiger charge is -2.40. The van der Waals surface area contributed by atoms with Gasteiger partial charge in [-0.3, -0.25) is 9.69 Å². The number of carbonyl (C=O) groups is 1. The van der Waals surface area contributed by atoms with Gasteiger partial charge in [0.05, 0.1) is 5.92 Å². The van der Waals surface area contributed by atoms with Gasteiger partial charge >= 0.3 is 0 Å². The fraction of sp³-hybridized carbons (Fsp3) is 0.450. The number of hydrogen-bond donors (Lipinski definition) is 1. The van der Waals surface area contributed by atoms with Gasteiger partial charge in [-0.2, -0.15) is 0 Å². The van der Waals surface area contributed by atoms with Gasteiger partial charge in [0.25, 0.3) is 0 Å². The molecule has 1 N–H and O–H groups in total. The highest BCUT2D eigenvalue weighted by atomic mass is 16.2. The summed E-state index contributed by atoms with van der Waals surface area (Å²) in [5.41, 5.74) is 5.21. The van der Waals surface area contributed by atoms with Gasteiger partial charge in [-0.1, -0.05) is 18.2 Å². The minimum Gasteiger partial charge on any atom is -0.361 e. The maximum absolute atomic E-state index is 12.9. The molecule has 0 spiro atoms. The quantitative estimate of drug-likeness (QED) is 0.941. The van der Waals surface area contributed by atoms with Crippen LogP contribution in [0.2, 0.25) is 0 Å². The Balaban J connectivity index is 0.00000182. The summed E-state index contributed by atoms with van der Waals surface area (Å²) in [6, 6.07) is 6.82. The average molecular weight is 325 g/mol. The Morgan fingerprint density at radius 1 is 1.38 bits per heavy atom. The number of nitrogens with one attached hydrogen (secondary N) is 1.